The Hall–Kier alpha value is -3.15. The number of carbonyl (C=O) groups is 2. The Bertz CT molecular complexity index is 822. The number of nitrogens with zero attached hydrogens (tertiary/aromatic N) is 1. The van der Waals surface area contributed by atoms with E-state index in [-0.39, 0.29) is 23.5 Å². The maximum Gasteiger partial charge on any atom is 0.271 e. The standard InChI is InChI=1S/C20H21N3O3/c1-2-18(13-7-11-17(24)12-8-13)22-23-20(26)15-5-9-16(10-6-15)21-19(25)14-3-4-14/h5-12,14,24H,2-4H2,1H3,(H,21,25)(H,23,26)/b22-18+. The molecular formula is C20H21N3O3. The number of carbonyl (C=O) groups excluding carboxylic acids is 2. The summed E-state index contributed by atoms with van der Waals surface area (Å²) < 4.78 is 0. The van der Waals surface area contributed by atoms with Crippen molar-refractivity contribution in [2.45, 2.75) is 26.2 Å². The van der Waals surface area contributed by atoms with Crippen molar-refractivity contribution in [1.29, 1.82) is 0 Å². The summed E-state index contributed by atoms with van der Waals surface area (Å²) in [5.41, 5.74) is 5.24. The lowest BCUT2D eigenvalue weighted by atomic mass is 10.1. The number of nitrogens with one attached hydrogen (secondary N) is 2. The van der Waals surface area contributed by atoms with E-state index in [1.54, 1.807) is 48.5 Å². The number of hydrogen-bond donors (Lipinski definition) is 3. The molecule has 0 radical (unpaired) electrons. The van der Waals surface area contributed by atoms with E-state index in [1.807, 2.05) is 6.92 Å². The predicted molar refractivity (Wildman–Crippen MR) is 100 cm³/mol. The van der Waals surface area contributed by atoms with Crippen molar-refractivity contribution in [3.8, 4) is 5.75 Å². The number of phenolic OH excluding ortho intramolecular Hbond substituents is 1. The predicted octanol–water partition coefficient (Wildman–Crippen LogP) is 3.28. The zero-order valence-electron chi connectivity index (χ0n) is 14.5. The first-order chi connectivity index (χ1) is 12.6. The minimum absolute atomic E-state index is 0.0355. The number of hydrazone groups is 1. The van der Waals surface area contributed by atoms with Crippen LogP contribution in [-0.2, 0) is 4.79 Å². The molecule has 134 valence electrons. The van der Waals surface area contributed by atoms with Gasteiger partial charge in [-0.15, -0.1) is 0 Å². The molecule has 1 aliphatic carbocycles. The topological polar surface area (TPSA) is 90.8 Å². The number of amides is 2. The third-order valence-corrected chi connectivity index (χ3v) is 4.19. The highest BCUT2D eigenvalue weighted by atomic mass is 16.3. The summed E-state index contributed by atoms with van der Waals surface area (Å²) in [5.74, 6) is 0.0323. The highest BCUT2D eigenvalue weighted by Crippen LogP contribution is 2.30. The van der Waals surface area contributed by atoms with E-state index < -0.39 is 0 Å². The minimum atomic E-state index is -0.324. The zero-order valence-corrected chi connectivity index (χ0v) is 14.5. The molecule has 0 aromatic heterocycles. The number of phenols is 1. The summed E-state index contributed by atoms with van der Waals surface area (Å²) >= 11 is 0. The van der Waals surface area contributed by atoms with Crippen LogP contribution >= 0.6 is 0 Å². The molecule has 0 unspecified atom stereocenters. The number of aromatic hydroxyl groups is 1. The van der Waals surface area contributed by atoms with Crippen LogP contribution in [0.4, 0.5) is 5.69 Å². The van der Waals surface area contributed by atoms with Crippen LogP contribution in [0.1, 0.15) is 42.1 Å². The van der Waals surface area contributed by atoms with Crippen molar-refractivity contribution in [2.75, 3.05) is 5.32 Å². The van der Waals surface area contributed by atoms with Crippen molar-refractivity contribution < 1.29 is 14.7 Å². The number of rotatable bonds is 6. The summed E-state index contributed by atoms with van der Waals surface area (Å²) in [6.07, 6.45) is 2.54. The summed E-state index contributed by atoms with van der Waals surface area (Å²) in [5, 5.41) is 16.4. The maximum atomic E-state index is 12.3. The lowest BCUT2D eigenvalue weighted by molar-refractivity contribution is -0.117. The van der Waals surface area contributed by atoms with Gasteiger partial charge in [-0.05, 0) is 73.4 Å². The van der Waals surface area contributed by atoms with Gasteiger partial charge in [0.2, 0.25) is 5.91 Å². The summed E-state index contributed by atoms with van der Waals surface area (Å²) in [6, 6.07) is 13.4. The Morgan fingerprint density at radius 1 is 1.04 bits per heavy atom. The van der Waals surface area contributed by atoms with E-state index in [4.69, 9.17) is 0 Å². The number of anilines is 1. The van der Waals surface area contributed by atoms with E-state index in [9.17, 15) is 14.7 Å². The van der Waals surface area contributed by atoms with E-state index in [1.165, 1.54) is 0 Å². The second-order valence-electron chi connectivity index (χ2n) is 6.24. The van der Waals surface area contributed by atoms with Crippen molar-refractivity contribution in [3.63, 3.8) is 0 Å². The fraction of sp³-hybridized carbons (Fsp3) is 0.250. The molecule has 3 rings (SSSR count). The molecule has 0 spiro atoms. The van der Waals surface area contributed by atoms with Crippen molar-refractivity contribution in [1.82, 2.24) is 5.43 Å². The molecule has 0 atom stereocenters. The molecular weight excluding hydrogens is 330 g/mol. The first-order valence-electron chi connectivity index (χ1n) is 8.64. The van der Waals surface area contributed by atoms with Crippen LogP contribution in [0.2, 0.25) is 0 Å². The average Bonchev–Trinajstić information content (AvgIpc) is 3.49. The van der Waals surface area contributed by atoms with Gasteiger partial charge in [-0.1, -0.05) is 6.92 Å². The van der Waals surface area contributed by atoms with Crippen LogP contribution in [-0.4, -0.2) is 22.6 Å². The number of hydrogen-bond acceptors (Lipinski definition) is 4. The monoisotopic (exact) mass is 351 g/mol. The van der Waals surface area contributed by atoms with Crippen LogP contribution in [0.3, 0.4) is 0 Å². The smallest absolute Gasteiger partial charge is 0.271 e. The number of benzene rings is 2. The fourth-order valence-corrected chi connectivity index (χ4v) is 2.48. The molecule has 2 amide bonds. The Kier molecular flexibility index (Phi) is 5.31. The molecule has 2 aromatic rings. The first-order valence-corrected chi connectivity index (χ1v) is 8.64. The average molecular weight is 351 g/mol. The van der Waals surface area contributed by atoms with Gasteiger partial charge in [0.05, 0.1) is 5.71 Å². The quantitative estimate of drug-likeness (QED) is 0.551. The van der Waals surface area contributed by atoms with Crippen molar-refractivity contribution >= 4 is 23.2 Å². The molecule has 3 N–H and O–H groups in total. The van der Waals surface area contributed by atoms with Crippen LogP contribution in [0.5, 0.6) is 5.75 Å². The molecule has 0 aliphatic heterocycles. The largest absolute Gasteiger partial charge is 0.508 e. The second-order valence-corrected chi connectivity index (χ2v) is 6.24. The lowest BCUT2D eigenvalue weighted by Crippen LogP contribution is -2.20. The third-order valence-electron chi connectivity index (χ3n) is 4.19. The molecule has 26 heavy (non-hydrogen) atoms. The summed E-state index contributed by atoms with van der Waals surface area (Å²) in [4.78, 5) is 24.0. The molecule has 0 bridgehead atoms. The van der Waals surface area contributed by atoms with Gasteiger partial charge in [-0.2, -0.15) is 5.10 Å². The summed E-state index contributed by atoms with van der Waals surface area (Å²) in [6.45, 7) is 1.94. The normalized spacial score (nSPS) is 14.0. The molecule has 1 saturated carbocycles. The van der Waals surface area contributed by atoms with Crippen LogP contribution in [0.15, 0.2) is 53.6 Å². The van der Waals surface area contributed by atoms with E-state index in [2.05, 4.69) is 15.8 Å². The van der Waals surface area contributed by atoms with Gasteiger partial charge in [-0.3, -0.25) is 9.59 Å². The van der Waals surface area contributed by atoms with E-state index >= 15 is 0 Å². The Labute approximate surface area is 151 Å². The van der Waals surface area contributed by atoms with Gasteiger partial charge < -0.3 is 10.4 Å². The highest BCUT2D eigenvalue weighted by molar-refractivity contribution is 6.02. The molecule has 1 aliphatic rings. The van der Waals surface area contributed by atoms with E-state index in [0.29, 0.717) is 23.4 Å². The van der Waals surface area contributed by atoms with Gasteiger partial charge in [0.1, 0.15) is 5.75 Å². The zero-order chi connectivity index (χ0) is 18.5. The van der Waals surface area contributed by atoms with Crippen LogP contribution < -0.4 is 10.7 Å². The Morgan fingerprint density at radius 2 is 1.65 bits per heavy atom. The molecule has 6 heteroatoms. The molecule has 6 nitrogen and oxygen atoms in total. The van der Waals surface area contributed by atoms with E-state index in [0.717, 1.165) is 18.4 Å². The van der Waals surface area contributed by atoms with Gasteiger partial charge in [-0.25, -0.2) is 5.43 Å². The molecule has 1 fully saturated rings. The van der Waals surface area contributed by atoms with Gasteiger partial charge >= 0.3 is 0 Å². The fourth-order valence-electron chi connectivity index (χ4n) is 2.48. The van der Waals surface area contributed by atoms with Gasteiger partial charge in [0.25, 0.3) is 5.91 Å². The SMILES string of the molecule is CC/C(=N\NC(=O)c1ccc(NC(=O)C2CC2)cc1)c1ccc(O)cc1. The van der Waals surface area contributed by atoms with Crippen LogP contribution in [0.25, 0.3) is 0 Å². The maximum absolute atomic E-state index is 12.3. The van der Waals surface area contributed by atoms with Gasteiger partial charge in [0, 0.05) is 17.2 Å². The lowest BCUT2D eigenvalue weighted by Gasteiger charge is -2.07. The molecule has 0 heterocycles. The van der Waals surface area contributed by atoms with Gasteiger partial charge in [0.15, 0.2) is 0 Å². The highest BCUT2D eigenvalue weighted by Gasteiger charge is 2.29. The van der Waals surface area contributed by atoms with Crippen molar-refractivity contribution in [3.05, 3.63) is 59.7 Å². The minimum Gasteiger partial charge on any atom is -0.508 e. The Morgan fingerprint density at radius 3 is 2.23 bits per heavy atom. The first kappa shape index (κ1) is 17.7. The Balaban J connectivity index is 1.62. The summed E-state index contributed by atoms with van der Waals surface area (Å²) in [7, 11) is 0. The third kappa shape index (κ3) is 4.47. The van der Waals surface area contributed by atoms with Crippen LogP contribution in [0, 0.1) is 5.92 Å². The van der Waals surface area contributed by atoms with Crippen molar-refractivity contribution in [2.24, 2.45) is 11.0 Å². The second kappa shape index (κ2) is 7.82. The molecule has 0 saturated heterocycles. The molecule has 2 aromatic carbocycles.